The third kappa shape index (κ3) is 4.23. The van der Waals surface area contributed by atoms with Gasteiger partial charge in [-0.2, -0.15) is 0 Å². The maximum atomic E-state index is 5.71. The lowest BCUT2D eigenvalue weighted by molar-refractivity contribution is 0.295. The second-order valence-electron chi connectivity index (χ2n) is 4.54. The van der Waals surface area contributed by atoms with Gasteiger partial charge in [0.15, 0.2) is 5.82 Å². The second-order valence-corrected chi connectivity index (χ2v) is 4.54. The predicted molar refractivity (Wildman–Crippen MR) is 81.0 cm³/mol. The molecule has 0 aliphatic heterocycles. The molecule has 0 radical (unpaired) electrons. The number of aromatic nitrogens is 2. The van der Waals surface area contributed by atoms with Gasteiger partial charge in [0.05, 0.1) is 0 Å². The van der Waals surface area contributed by atoms with Gasteiger partial charge in [0, 0.05) is 18.3 Å². The van der Waals surface area contributed by atoms with E-state index in [1.165, 1.54) is 0 Å². The number of ether oxygens (including phenoxy) is 1. The number of para-hydroxylation sites is 1. The number of anilines is 1. The Bertz CT molecular complexity index is 504. The molecule has 2 aromatic rings. The van der Waals surface area contributed by atoms with E-state index in [4.69, 9.17) is 4.74 Å². The monoisotopic (exact) mass is 271 g/mol. The normalized spacial score (nSPS) is 10.3. The van der Waals surface area contributed by atoms with Crippen molar-refractivity contribution in [2.75, 3.05) is 11.9 Å². The van der Waals surface area contributed by atoms with E-state index in [2.05, 4.69) is 29.1 Å². The Hall–Kier alpha value is -2.10. The fourth-order valence-electron chi connectivity index (χ4n) is 1.94. The largest absolute Gasteiger partial charge is 0.486 e. The highest BCUT2D eigenvalue weighted by molar-refractivity contribution is 5.36. The quantitative estimate of drug-likeness (QED) is 0.838. The first-order chi connectivity index (χ1) is 9.81. The molecule has 2 rings (SSSR count). The average molecular weight is 271 g/mol. The molecular formula is C16H21N3O. The number of hydrogen-bond donors (Lipinski definition) is 1. The van der Waals surface area contributed by atoms with E-state index in [1.54, 1.807) is 0 Å². The summed E-state index contributed by atoms with van der Waals surface area (Å²) in [5.74, 6) is 2.43. The van der Waals surface area contributed by atoms with Gasteiger partial charge in [-0.1, -0.05) is 31.5 Å². The van der Waals surface area contributed by atoms with Crippen molar-refractivity contribution in [2.24, 2.45) is 0 Å². The number of rotatable bonds is 7. The Morgan fingerprint density at radius 2 is 1.90 bits per heavy atom. The molecule has 0 aliphatic rings. The molecule has 0 spiro atoms. The fraction of sp³-hybridized carbons (Fsp3) is 0.375. The maximum Gasteiger partial charge on any atom is 0.168 e. The third-order valence-corrected chi connectivity index (χ3v) is 2.80. The molecular weight excluding hydrogens is 250 g/mol. The Morgan fingerprint density at radius 3 is 2.60 bits per heavy atom. The third-order valence-electron chi connectivity index (χ3n) is 2.80. The van der Waals surface area contributed by atoms with E-state index < -0.39 is 0 Å². The lowest BCUT2D eigenvalue weighted by atomic mass is 10.2. The van der Waals surface area contributed by atoms with Gasteiger partial charge in [-0.25, -0.2) is 9.97 Å². The van der Waals surface area contributed by atoms with Crippen molar-refractivity contribution in [1.82, 2.24) is 9.97 Å². The van der Waals surface area contributed by atoms with Crippen LogP contribution in [-0.2, 0) is 13.0 Å². The molecule has 0 aliphatic carbocycles. The molecule has 0 unspecified atom stereocenters. The van der Waals surface area contributed by atoms with Crippen molar-refractivity contribution in [2.45, 2.75) is 33.3 Å². The molecule has 1 heterocycles. The van der Waals surface area contributed by atoms with Crippen LogP contribution in [0.3, 0.4) is 0 Å². The molecule has 0 atom stereocenters. The van der Waals surface area contributed by atoms with Crippen molar-refractivity contribution in [3.8, 4) is 5.75 Å². The van der Waals surface area contributed by atoms with Crippen LogP contribution in [-0.4, -0.2) is 16.5 Å². The minimum atomic E-state index is 0.389. The summed E-state index contributed by atoms with van der Waals surface area (Å²) in [5, 5.41) is 3.24. The first-order valence-corrected chi connectivity index (χ1v) is 7.10. The van der Waals surface area contributed by atoms with E-state index in [0.717, 1.165) is 42.5 Å². The molecule has 20 heavy (non-hydrogen) atoms. The van der Waals surface area contributed by atoms with Crippen LogP contribution in [0.2, 0.25) is 0 Å². The summed E-state index contributed by atoms with van der Waals surface area (Å²) in [6.45, 7) is 5.44. The van der Waals surface area contributed by atoms with Gasteiger partial charge in [-0.3, -0.25) is 0 Å². The molecule has 0 bridgehead atoms. The van der Waals surface area contributed by atoms with Crippen molar-refractivity contribution < 1.29 is 4.74 Å². The van der Waals surface area contributed by atoms with Gasteiger partial charge in [0.2, 0.25) is 0 Å². The molecule has 1 aromatic heterocycles. The van der Waals surface area contributed by atoms with Crippen molar-refractivity contribution in [3.05, 3.63) is 47.9 Å². The molecule has 0 saturated heterocycles. The summed E-state index contributed by atoms with van der Waals surface area (Å²) in [4.78, 5) is 9.02. The first-order valence-electron chi connectivity index (χ1n) is 7.10. The number of nitrogens with zero attached hydrogens (tertiary/aromatic N) is 2. The number of hydrogen-bond acceptors (Lipinski definition) is 4. The molecule has 4 heteroatoms. The summed E-state index contributed by atoms with van der Waals surface area (Å²) >= 11 is 0. The Kier molecular flexibility index (Phi) is 5.35. The average Bonchev–Trinajstić information content (AvgIpc) is 2.47. The Labute approximate surface area is 120 Å². The summed E-state index contributed by atoms with van der Waals surface area (Å²) < 4.78 is 5.71. The minimum Gasteiger partial charge on any atom is -0.486 e. The van der Waals surface area contributed by atoms with Gasteiger partial charge in [0.1, 0.15) is 18.2 Å². The lowest BCUT2D eigenvalue weighted by Crippen LogP contribution is -2.08. The second kappa shape index (κ2) is 7.48. The predicted octanol–water partition coefficient (Wildman–Crippen LogP) is 3.44. The zero-order chi connectivity index (χ0) is 14.2. The summed E-state index contributed by atoms with van der Waals surface area (Å²) in [6.07, 6.45) is 2.03. The molecule has 1 N–H and O–H groups in total. The first kappa shape index (κ1) is 14.3. The van der Waals surface area contributed by atoms with E-state index in [0.29, 0.717) is 6.61 Å². The zero-order valence-corrected chi connectivity index (χ0v) is 12.1. The van der Waals surface area contributed by atoms with Gasteiger partial charge in [-0.15, -0.1) is 0 Å². The van der Waals surface area contributed by atoms with Crippen molar-refractivity contribution in [3.63, 3.8) is 0 Å². The van der Waals surface area contributed by atoms with E-state index in [1.807, 2.05) is 36.4 Å². The van der Waals surface area contributed by atoms with E-state index in [-0.39, 0.29) is 0 Å². The van der Waals surface area contributed by atoms with Crippen molar-refractivity contribution >= 4 is 5.82 Å². The fourth-order valence-corrected chi connectivity index (χ4v) is 1.94. The number of benzene rings is 1. The maximum absolute atomic E-state index is 5.71. The van der Waals surface area contributed by atoms with E-state index >= 15 is 0 Å². The van der Waals surface area contributed by atoms with Crippen LogP contribution in [0.25, 0.3) is 0 Å². The standard InChI is InChI=1S/C16H21N3O/c1-3-8-13-11-15(17-4-2)19-16(18-13)12-20-14-9-6-5-7-10-14/h5-7,9-11H,3-4,8,12H2,1-2H3,(H,17,18,19). The van der Waals surface area contributed by atoms with Gasteiger partial charge >= 0.3 is 0 Å². The highest BCUT2D eigenvalue weighted by Gasteiger charge is 2.05. The molecule has 0 saturated carbocycles. The van der Waals surface area contributed by atoms with Crippen LogP contribution in [0.1, 0.15) is 31.8 Å². The van der Waals surface area contributed by atoms with Crippen LogP contribution in [0.4, 0.5) is 5.82 Å². The van der Waals surface area contributed by atoms with E-state index in [9.17, 15) is 0 Å². The van der Waals surface area contributed by atoms with Crippen LogP contribution < -0.4 is 10.1 Å². The van der Waals surface area contributed by atoms with Gasteiger partial charge in [0.25, 0.3) is 0 Å². The van der Waals surface area contributed by atoms with Crippen LogP contribution in [0.5, 0.6) is 5.75 Å². The summed E-state index contributed by atoms with van der Waals surface area (Å²) in [7, 11) is 0. The number of aryl methyl sites for hydroxylation is 1. The SMILES string of the molecule is CCCc1cc(NCC)nc(COc2ccccc2)n1. The molecule has 0 fully saturated rings. The minimum absolute atomic E-state index is 0.389. The topological polar surface area (TPSA) is 47.0 Å². The smallest absolute Gasteiger partial charge is 0.168 e. The Balaban J connectivity index is 2.09. The lowest BCUT2D eigenvalue weighted by Gasteiger charge is -2.09. The van der Waals surface area contributed by atoms with Crippen molar-refractivity contribution in [1.29, 1.82) is 0 Å². The van der Waals surface area contributed by atoms with Gasteiger partial charge < -0.3 is 10.1 Å². The molecule has 0 amide bonds. The summed E-state index contributed by atoms with van der Waals surface area (Å²) in [6, 6.07) is 11.7. The molecule has 4 nitrogen and oxygen atoms in total. The highest BCUT2D eigenvalue weighted by atomic mass is 16.5. The number of nitrogens with one attached hydrogen (secondary N) is 1. The van der Waals surface area contributed by atoms with Crippen LogP contribution >= 0.6 is 0 Å². The van der Waals surface area contributed by atoms with Gasteiger partial charge in [-0.05, 0) is 25.5 Å². The highest BCUT2D eigenvalue weighted by Crippen LogP contribution is 2.13. The molecule has 106 valence electrons. The summed E-state index contributed by atoms with van der Waals surface area (Å²) in [5.41, 5.74) is 1.06. The van der Waals surface area contributed by atoms with Crippen LogP contribution in [0, 0.1) is 0 Å². The van der Waals surface area contributed by atoms with Crippen LogP contribution in [0.15, 0.2) is 36.4 Å². The molecule has 1 aromatic carbocycles. The zero-order valence-electron chi connectivity index (χ0n) is 12.1. The Morgan fingerprint density at radius 1 is 1.10 bits per heavy atom.